The molecule has 0 N–H and O–H groups in total. The molecule has 0 amide bonds. The van der Waals surface area contributed by atoms with Gasteiger partial charge >= 0.3 is 5.97 Å². The van der Waals surface area contributed by atoms with Crippen molar-refractivity contribution in [3.8, 4) is 17.0 Å². The molecule has 0 saturated carbocycles. The number of carbonyl (C=O) groups is 1. The Morgan fingerprint density at radius 2 is 2.03 bits per heavy atom. The second-order valence-corrected chi connectivity index (χ2v) is 6.54. The minimum Gasteiger partial charge on any atom is -0.494 e. The van der Waals surface area contributed by atoms with Crippen molar-refractivity contribution >= 4 is 27.9 Å². The van der Waals surface area contributed by atoms with Crippen molar-refractivity contribution in [2.75, 3.05) is 7.11 Å². The van der Waals surface area contributed by atoms with Crippen molar-refractivity contribution < 1.29 is 18.7 Å². The van der Waals surface area contributed by atoms with Gasteiger partial charge in [-0.2, -0.15) is 5.10 Å². The molecule has 0 unspecified atom stereocenters. The zero-order chi connectivity index (χ0) is 20.4. The number of esters is 1. The highest BCUT2D eigenvalue weighted by molar-refractivity contribution is 5.93. The van der Waals surface area contributed by atoms with Crippen LogP contribution in [0.1, 0.15) is 19.8 Å². The lowest BCUT2D eigenvalue weighted by atomic mass is 10.1. The van der Waals surface area contributed by atoms with Crippen LogP contribution in [0.15, 0.2) is 42.7 Å². The molecule has 2 aromatic carbocycles. The Hall–Kier alpha value is -3.55. The third-order valence-corrected chi connectivity index (χ3v) is 4.55. The van der Waals surface area contributed by atoms with Crippen LogP contribution in [0.25, 0.3) is 33.2 Å². The van der Waals surface area contributed by atoms with Crippen molar-refractivity contribution in [1.29, 1.82) is 0 Å². The van der Waals surface area contributed by atoms with Gasteiger partial charge in [0.1, 0.15) is 0 Å². The molecule has 0 bridgehead atoms. The molecule has 29 heavy (non-hydrogen) atoms. The van der Waals surface area contributed by atoms with Gasteiger partial charge in [0.25, 0.3) is 0 Å². The van der Waals surface area contributed by atoms with E-state index >= 15 is 0 Å². The smallest absolute Gasteiger partial charge is 0.307 e. The number of rotatable bonds is 6. The van der Waals surface area contributed by atoms with Gasteiger partial charge in [0, 0.05) is 17.4 Å². The topological polar surface area (TPSA) is 79.1 Å². The van der Waals surface area contributed by atoms with E-state index in [2.05, 4.69) is 15.1 Å². The lowest BCUT2D eigenvalue weighted by Crippen LogP contribution is -2.10. The van der Waals surface area contributed by atoms with E-state index in [1.165, 1.54) is 13.2 Å². The van der Waals surface area contributed by atoms with Crippen LogP contribution >= 0.6 is 0 Å². The summed E-state index contributed by atoms with van der Waals surface area (Å²) in [6.07, 6.45) is 4.40. The highest BCUT2D eigenvalue weighted by Crippen LogP contribution is 2.26. The number of hydrogen-bond acceptors (Lipinski definition) is 6. The Labute approximate surface area is 166 Å². The van der Waals surface area contributed by atoms with Crippen molar-refractivity contribution in [3.05, 3.63) is 48.5 Å². The van der Waals surface area contributed by atoms with E-state index in [0.29, 0.717) is 28.7 Å². The SMILES string of the molecule is CCCC(=O)OCn1ncc2cc3ncc(-c4ccc(OC)c(F)c4)nc3cc21. The van der Waals surface area contributed by atoms with Gasteiger partial charge in [-0.25, -0.2) is 14.1 Å². The summed E-state index contributed by atoms with van der Waals surface area (Å²) in [6, 6.07) is 8.35. The Kier molecular flexibility index (Phi) is 5.07. The van der Waals surface area contributed by atoms with Crippen LogP contribution in [0.4, 0.5) is 4.39 Å². The second kappa shape index (κ2) is 7.83. The molecule has 0 radical (unpaired) electrons. The summed E-state index contributed by atoms with van der Waals surface area (Å²) >= 11 is 0. The standard InChI is InChI=1S/C21H19FN4O3/c1-3-4-21(27)29-12-26-19-9-17-16(8-14(19)10-24-26)23-11-18(25-17)13-5-6-20(28-2)15(22)7-13/h5-11H,3-4,12H2,1-2H3. The molecular formula is C21H19FN4O3. The first-order valence-electron chi connectivity index (χ1n) is 9.21. The van der Waals surface area contributed by atoms with Gasteiger partial charge in [-0.15, -0.1) is 0 Å². The third kappa shape index (κ3) is 3.73. The Morgan fingerprint density at radius 3 is 2.79 bits per heavy atom. The normalized spacial score (nSPS) is 11.1. The number of fused-ring (bicyclic) bond motifs is 2. The first-order valence-corrected chi connectivity index (χ1v) is 9.21. The summed E-state index contributed by atoms with van der Waals surface area (Å²) in [4.78, 5) is 20.7. The molecule has 0 saturated heterocycles. The predicted octanol–water partition coefficient (Wildman–Crippen LogP) is 4.10. The Bertz CT molecular complexity index is 1210. The average Bonchev–Trinajstić information content (AvgIpc) is 3.12. The van der Waals surface area contributed by atoms with E-state index in [4.69, 9.17) is 9.47 Å². The van der Waals surface area contributed by atoms with E-state index < -0.39 is 5.82 Å². The predicted molar refractivity (Wildman–Crippen MR) is 106 cm³/mol. The summed E-state index contributed by atoms with van der Waals surface area (Å²) in [5, 5.41) is 5.14. The number of ether oxygens (including phenoxy) is 2. The van der Waals surface area contributed by atoms with Crippen molar-refractivity contribution in [2.45, 2.75) is 26.5 Å². The van der Waals surface area contributed by atoms with Crippen LogP contribution in [0.5, 0.6) is 5.75 Å². The molecule has 4 aromatic rings. The molecule has 0 atom stereocenters. The fourth-order valence-corrected chi connectivity index (χ4v) is 3.06. The molecule has 0 aliphatic carbocycles. The summed E-state index contributed by atoms with van der Waals surface area (Å²) in [5.41, 5.74) is 3.23. The van der Waals surface area contributed by atoms with Crippen LogP contribution in [0.3, 0.4) is 0 Å². The highest BCUT2D eigenvalue weighted by atomic mass is 19.1. The zero-order valence-corrected chi connectivity index (χ0v) is 16.1. The van der Waals surface area contributed by atoms with Gasteiger partial charge in [0.15, 0.2) is 18.3 Å². The van der Waals surface area contributed by atoms with Crippen molar-refractivity contribution in [3.63, 3.8) is 0 Å². The van der Waals surface area contributed by atoms with E-state index in [1.54, 1.807) is 29.2 Å². The number of benzene rings is 2. The number of methoxy groups -OCH3 is 1. The zero-order valence-electron chi connectivity index (χ0n) is 16.1. The lowest BCUT2D eigenvalue weighted by Gasteiger charge is -2.07. The maximum Gasteiger partial charge on any atom is 0.307 e. The van der Waals surface area contributed by atoms with Crippen LogP contribution in [-0.4, -0.2) is 32.8 Å². The van der Waals surface area contributed by atoms with Gasteiger partial charge in [-0.1, -0.05) is 6.92 Å². The van der Waals surface area contributed by atoms with Crippen molar-refractivity contribution in [1.82, 2.24) is 19.7 Å². The first-order chi connectivity index (χ1) is 14.1. The molecule has 0 aliphatic heterocycles. The quantitative estimate of drug-likeness (QED) is 0.458. The van der Waals surface area contributed by atoms with Crippen LogP contribution in [0, 0.1) is 5.82 Å². The summed E-state index contributed by atoms with van der Waals surface area (Å²) in [6.45, 7) is 1.95. The molecule has 148 valence electrons. The van der Waals surface area contributed by atoms with Gasteiger partial charge in [0.2, 0.25) is 0 Å². The monoisotopic (exact) mass is 394 g/mol. The molecular weight excluding hydrogens is 375 g/mol. The largest absolute Gasteiger partial charge is 0.494 e. The molecule has 2 heterocycles. The first kappa shape index (κ1) is 18.8. The number of aromatic nitrogens is 4. The second-order valence-electron chi connectivity index (χ2n) is 6.54. The maximum absolute atomic E-state index is 14.0. The minimum atomic E-state index is -0.464. The van der Waals surface area contributed by atoms with Gasteiger partial charge in [-0.3, -0.25) is 9.78 Å². The Balaban J connectivity index is 1.70. The van der Waals surface area contributed by atoms with E-state index in [-0.39, 0.29) is 18.4 Å². The average molecular weight is 394 g/mol. The molecule has 0 spiro atoms. The van der Waals surface area contributed by atoms with Gasteiger partial charge < -0.3 is 9.47 Å². The Morgan fingerprint density at radius 1 is 1.17 bits per heavy atom. The number of nitrogens with zero attached hydrogens (tertiary/aromatic N) is 4. The van der Waals surface area contributed by atoms with Crippen LogP contribution in [-0.2, 0) is 16.3 Å². The fraction of sp³-hybridized carbons (Fsp3) is 0.238. The third-order valence-electron chi connectivity index (χ3n) is 4.55. The van der Waals surface area contributed by atoms with Gasteiger partial charge in [-0.05, 0) is 36.8 Å². The molecule has 0 aliphatic rings. The molecule has 0 fully saturated rings. The maximum atomic E-state index is 14.0. The number of halogens is 1. The van der Waals surface area contributed by atoms with E-state index in [1.807, 2.05) is 19.1 Å². The fourth-order valence-electron chi connectivity index (χ4n) is 3.06. The van der Waals surface area contributed by atoms with E-state index in [0.717, 1.165) is 17.3 Å². The molecule has 8 heteroatoms. The van der Waals surface area contributed by atoms with Crippen LogP contribution in [0.2, 0.25) is 0 Å². The highest BCUT2D eigenvalue weighted by Gasteiger charge is 2.11. The lowest BCUT2D eigenvalue weighted by molar-refractivity contribution is -0.147. The summed E-state index contributed by atoms with van der Waals surface area (Å²) < 4.78 is 25.9. The minimum absolute atomic E-state index is 0.0324. The van der Waals surface area contributed by atoms with Crippen LogP contribution < -0.4 is 4.74 Å². The molecule has 4 rings (SSSR count). The number of hydrogen-bond donors (Lipinski definition) is 0. The summed E-state index contributed by atoms with van der Waals surface area (Å²) in [5.74, 6) is -0.555. The molecule has 7 nitrogen and oxygen atoms in total. The van der Waals surface area contributed by atoms with E-state index in [9.17, 15) is 9.18 Å². The summed E-state index contributed by atoms with van der Waals surface area (Å²) in [7, 11) is 1.42. The van der Waals surface area contributed by atoms with Gasteiger partial charge in [0.05, 0.1) is 41.7 Å². The number of carbonyl (C=O) groups excluding carboxylic acids is 1. The molecule has 2 aromatic heterocycles. The van der Waals surface area contributed by atoms with Crippen molar-refractivity contribution in [2.24, 2.45) is 0 Å².